The van der Waals surface area contributed by atoms with Crippen molar-refractivity contribution in [3.63, 3.8) is 0 Å². The summed E-state index contributed by atoms with van der Waals surface area (Å²) >= 11 is 0. The largest absolute Gasteiger partial charge is 0.324 e. The fourth-order valence-corrected chi connectivity index (χ4v) is 2.75. The van der Waals surface area contributed by atoms with Crippen molar-refractivity contribution in [2.45, 2.75) is 26.7 Å². The molecule has 0 unspecified atom stereocenters. The van der Waals surface area contributed by atoms with E-state index in [4.69, 9.17) is 0 Å². The monoisotopic (exact) mass is 346 g/mol. The molecule has 0 saturated carbocycles. The lowest BCUT2D eigenvalue weighted by Crippen LogP contribution is -2.15. The topological polar surface area (TPSA) is 66.9 Å². The van der Waals surface area contributed by atoms with E-state index in [-0.39, 0.29) is 5.91 Å². The van der Waals surface area contributed by atoms with E-state index < -0.39 is 0 Å². The van der Waals surface area contributed by atoms with Crippen molar-refractivity contribution in [1.82, 2.24) is 9.97 Å². The number of carbonyl (C=O) groups excluding carboxylic acids is 1. The first-order valence-corrected chi connectivity index (χ1v) is 8.78. The maximum Gasteiger partial charge on any atom is 0.274 e. The smallest absolute Gasteiger partial charge is 0.274 e. The Labute approximate surface area is 153 Å². The first-order chi connectivity index (χ1) is 12.7. The van der Waals surface area contributed by atoms with Gasteiger partial charge in [0.05, 0.1) is 0 Å². The van der Waals surface area contributed by atoms with Crippen LogP contribution in [0.1, 0.15) is 35.5 Å². The van der Waals surface area contributed by atoms with Crippen LogP contribution >= 0.6 is 0 Å². The summed E-state index contributed by atoms with van der Waals surface area (Å²) in [6, 6.07) is 17.4. The second kappa shape index (κ2) is 8.25. The van der Waals surface area contributed by atoms with Crippen molar-refractivity contribution < 1.29 is 4.79 Å². The lowest BCUT2D eigenvalue weighted by atomic mass is 10.1. The van der Waals surface area contributed by atoms with E-state index in [2.05, 4.69) is 40.5 Å². The van der Waals surface area contributed by atoms with E-state index in [0.717, 1.165) is 29.8 Å². The summed E-state index contributed by atoms with van der Waals surface area (Å²) in [6.45, 7) is 4.15. The minimum atomic E-state index is -0.250. The number of hydrogen-bond donors (Lipinski definition) is 2. The van der Waals surface area contributed by atoms with Gasteiger partial charge in [-0.15, -0.1) is 0 Å². The molecule has 1 heterocycles. The van der Waals surface area contributed by atoms with Crippen LogP contribution in [0.3, 0.4) is 0 Å². The van der Waals surface area contributed by atoms with Crippen molar-refractivity contribution >= 4 is 23.2 Å². The molecule has 0 saturated heterocycles. The molecule has 0 aliphatic rings. The van der Waals surface area contributed by atoms with E-state index >= 15 is 0 Å². The van der Waals surface area contributed by atoms with Gasteiger partial charge in [-0.1, -0.05) is 50.2 Å². The van der Waals surface area contributed by atoms with E-state index in [1.54, 1.807) is 12.3 Å². The summed E-state index contributed by atoms with van der Waals surface area (Å²) in [5, 5.41) is 6.14. The van der Waals surface area contributed by atoms with Gasteiger partial charge in [0.25, 0.3) is 5.91 Å². The van der Waals surface area contributed by atoms with Crippen molar-refractivity contribution in [3.8, 4) is 0 Å². The SMILES string of the molecule is CCc1ccccc1NC(=O)c1ccnc(Nc2ccccc2CC)n1. The third-order valence-electron chi connectivity index (χ3n) is 4.18. The fraction of sp³-hybridized carbons (Fsp3) is 0.190. The number of hydrogen-bond acceptors (Lipinski definition) is 4. The van der Waals surface area contributed by atoms with Crippen LogP contribution in [0, 0.1) is 0 Å². The Bertz CT molecular complexity index is 908. The lowest BCUT2D eigenvalue weighted by molar-refractivity contribution is 0.102. The average Bonchev–Trinajstić information content (AvgIpc) is 2.69. The van der Waals surface area contributed by atoms with E-state index in [0.29, 0.717) is 11.6 Å². The van der Waals surface area contributed by atoms with Gasteiger partial charge in [0.15, 0.2) is 0 Å². The quantitative estimate of drug-likeness (QED) is 0.685. The molecule has 0 atom stereocenters. The molecule has 5 nitrogen and oxygen atoms in total. The number of carbonyl (C=O) groups is 1. The van der Waals surface area contributed by atoms with E-state index in [1.165, 1.54) is 5.56 Å². The Hall–Kier alpha value is -3.21. The van der Waals surface area contributed by atoms with E-state index in [1.807, 2.05) is 42.5 Å². The second-order valence-electron chi connectivity index (χ2n) is 5.87. The van der Waals surface area contributed by atoms with Gasteiger partial charge in [-0.25, -0.2) is 9.97 Å². The molecule has 3 aromatic rings. The highest BCUT2D eigenvalue weighted by molar-refractivity contribution is 6.03. The van der Waals surface area contributed by atoms with Crippen LogP contribution in [0.15, 0.2) is 60.8 Å². The zero-order valence-corrected chi connectivity index (χ0v) is 15.0. The van der Waals surface area contributed by atoms with Crippen LogP contribution < -0.4 is 10.6 Å². The Kier molecular flexibility index (Phi) is 5.59. The van der Waals surface area contributed by atoms with Crippen LogP contribution in [-0.4, -0.2) is 15.9 Å². The van der Waals surface area contributed by atoms with Crippen LogP contribution in [-0.2, 0) is 12.8 Å². The highest BCUT2D eigenvalue weighted by Crippen LogP contribution is 2.20. The standard InChI is InChI=1S/C21H22N4O/c1-3-15-9-5-7-11-17(15)23-20(26)19-13-14-22-21(25-19)24-18-12-8-6-10-16(18)4-2/h5-14H,3-4H2,1-2H3,(H,23,26)(H,22,24,25). The predicted molar refractivity (Wildman–Crippen MR) is 105 cm³/mol. The van der Waals surface area contributed by atoms with Gasteiger partial charge < -0.3 is 10.6 Å². The van der Waals surface area contributed by atoms with Crippen LogP contribution in [0.2, 0.25) is 0 Å². The summed E-state index contributed by atoms with van der Waals surface area (Å²) in [5.41, 5.74) is 4.34. The molecule has 0 fully saturated rings. The number of benzene rings is 2. The fourth-order valence-electron chi connectivity index (χ4n) is 2.75. The third-order valence-corrected chi connectivity index (χ3v) is 4.18. The molecule has 2 aromatic carbocycles. The molecule has 0 radical (unpaired) electrons. The second-order valence-corrected chi connectivity index (χ2v) is 5.87. The highest BCUT2D eigenvalue weighted by Gasteiger charge is 2.11. The summed E-state index contributed by atoms with van der Waals surface area (Å²) in [5.74, 6) is 0.155. The summed E-state index contributed by atoms with van der Waals surface area (Å²) in [7, 11) is 0. The van der Waals surface area contributed by atoms with Gasteiger partial charge >= 0.3 is 0 Å². The summed E-state index contributed by atoms with van der Waals surface area (Å²) in [4.78, 5) is 21.2. The zero-order chi connectivity index (χ0) is 18.4. The molecule has 0 bridgehead atoms. The number of rotatable bonds is 6. The molecule has 0 aliphatic carbocycles. The number of nitrogens with one attached hydrogen (secondary N) is 2. The Morgan fingerprint density at radius 2 is 1.50 bits per heavy atom. The molecular weight excluding hydrogens is 324 g/mol. The zero-order valence-electron chi connectivity index (χ0n) is 15.0. The van der Waals surface area contributed by atoms with Crippen LogP contribution in [0.5, 0.6) is 0 Å². The minimum absolute atomic E-state index is 0.250. The van der Waals surface area contributed by atoms with Gasteiger partial charge in [-0.2, -0.15) is 0 Å². The number of nitrogens with zero attached hydrogens (tertiary/aromatic N) is 2. The summed E-state index contributed by atoms with van der Waals surface area (Å²) in [6.07, 6.45) is 3.34. The number of para-hydroxylation sites is 2. The van der Waals surface area contributed by atoms with Crippen molar-refractivity contribution in [2.75, 3.05) is 10.6 Å². The van der Waals surface area contributed by atoms with Crippen molar-refractivity contribution in [1.29, 1.82) is 0 Å². The first kappa shape index (κ1) is 17.6. The molecule has 1 amide bonds. The van der Waals surface area contributed by atoms with Gasteiger partial charge in [0, 0.05) is 17.6 Å². The Morgan fingerprint density at radius 3 is 2.19 bits per heavy atom. The number of aryl methyl sites for hydroxylation is 2. The number of anilines is 3. The third kappa shape index (κ3) is 4.06. The first-order valence-electron chi connectivity index (χ1n) is 8.78. The minimum Gasteiger partial charge on any atom is -0.324 e. The molecule has 1 aromatic heterocycles. The van der Waals surface area contributed by atoms with E-state index in [9.17, 15) is 4.79 Å². The van der Waals surface area contributed by atoms with Crippen LogP contribution in [0.25, 0.3) is 0 Å². The maximum atomic E-state index is 12.6. The van der Waals surface area contributed by atoms with Crippen LogP contribution in [0.4, 0.5) is 17.3 Å². The molecule has 0 aliphatic heterocycles. The van der Waals surface area contributed by atoms with Crippen molar-refractivity contribution in [2.24, 2.45) is 0 Å². The predicted octanol–water partition coefficient (Wildman–Crippen LogP) is 4.60. The van der Waals surface area contributed by atoms with Crippen molar-refractivity contribution in [3.05, 3.63) is 77.6 Å². The molecular formula is C21H22N4O. The number of amides is 1. The molecule has 2 N–H and O–H groups in total. The molecule has 3 rings (SSSR count). The number of aromatic nitrogens is 2. The maximum absolute atomic E-state index is 12.6. The molecule has 132 valence electrons. The van der Waals surface area contributed by atoms with Gasteiger partial charge in [0.2, 0.25) is 5.95 Å². The van der Waals surface area contributed by atoms with Gasteiger partial charge in [-0.05, 0) is 42.2 Å². The van der Waals surface area contributed by atoms with Gasteiger partial charge in [0.1, 0.15) is 5.69 Å². The Morgan fingerprint density at radius 1 is 0.885 bits per heavy atom. The lowest BCUT2D eigenvalue weighted by Gasteiger charge is -2.11. The van der Waals surface area contributed by atoms with Gasteiger partial charge in [-0.3, -0.25) is 4.79 Å². The Balaban J connectivity index is 1.79. The average molecular weight is 346 g/mol. The molecule has 5 heteroatoms. The normalized spacial score (nSPS) is 10.4. The molecule has 26 heavy (non-hydrogen) atoms. The molecule has 0 spiro atoms. The highest BCUT2D eigenvalue weighted by atomic mass is 16.1. The summed E-state index contributed by atoms with van der Waals surface area (Å²) < 4.78 is 0.